The Bertz CT molecular complexity index is 424. The third kappa shape index (κ3) is 3.70. The lowest BCUT2D eigenvalue weighted by Gasteiger charge is -2.14. The summed E-state index contributed by atoms with van der Waals surface area (Å²) in [6.07, 6.45) is 0. The minimum absolute atomic E-state index is 0.200. The van der Waals surface area contributed by atoms with Crippen molar-refractivity contribution < 1.29 is 18.7 Å². The zero-order valence-corrected chi connectivity index (χ0v) is 9.50. The molecule has 1 rings (SSSR count). The van der Waals surface area contributed by atoms with Crippen molar-refractivity contribution >= 4 is 5.91 Å². The summed E-state index contributed by atoms with van der Waals surface area (Å²) < 4.78 is 25.4. The summed E-state index contributed by atoms with van der Waals surface area (Å²) in [4.78, 5) is 11.6. The van der Waals surface area contributed by atoms with Gasteiger partial charge in [-0.1, -0.05) is 0 Å². The number of nitrogens with one attached hydrogen (secondary N) is 1. The molecule has 0 radical (unpaired) electrons. The van der Waals surface area contributed by atoms with Crippen LogP contribution in [-0.2, 0) is 0 Å². The molecule has 1 heterocycles. The number of hydrogen-bond donors (Lipinski definition) is 2. The molecule has 0 aliphatic rings. The van der Waals surface area contributed by atoms with Gasteiger partial charge in [0.2, 0.25) is 0 Å². The van der Waals surface area contributed by atoms with E-state index in [2.05, 4.69) is 10.2 Å². The lowest BCUT2D eigenvalue weighted by Crippen LogP contribution is -2.39. The molecule has 0 atom stereocenters. The maximum Gasteiger partial charge on any atom is 0.287 e. The molecule has 94 valence electrons. The number of nitrogens with zero attached hydrogens (tertiary/aromatic N) is 2. The number of amides is 1. The van der Waals surface area contributed by atoms with Gasteiger partial charge in [-0.25, -0.2) is 8.78 Å². The van der Waals surface area contributed by atoms with E-state index in [1.165, 1.54) is 6.07 Å². The fourth-order valence-corrected chi connectivity index (χ4v) is 1.14. The second-order valence-electron chi connectivity index (χ2n) is 3.68. The quantitative estimate of drug-likeness (QED) is 0.807. The Kier molecular flexibility index (Phi) is 4.06. The predicted octanol–water partition coefficient (Wildman–Crippen LogP) is 0.451. The number of alkyl halides is 2. The van der Waals surface area contributed by atoms with E-state index in [-0.39, 0.29) is 5.56 Å². The van der Waals surface area contributed by atoms with Crippen LogP contribution in [0.15, 0.2) is 6.07 Å². The van der Waals surface area contributed by atoms with Gasteiger partial charge in [-0.15, -0.1) is 0 Å². The van der Waals surface area contributed by atoms with Crippen LogP contribution < -0.4 is 5.32 Å². The number of carbonyl (C=O) groups is 1. The van der Waals surface area contributed by atoms with Crippen LogP contribution in [0.1, 0.15) is 21.7 Å². The SMILES string of the molecule is Cc1cc(C(=O)NCC(F)(F)CO)c(C)nn1. The van der Waals surface area contributed by atoms with Crippen molar-refractivity contribution in [1.82, 2.24) is 15.5 Å². The highest BCUT2D eigenvalue weighted by Gasteiger charge is 2.28. The van der Waals surface area contributed by atoms with Crippen LogP contribution in [0.2, 0.25) is 0 Å². The van der Waals surface area contributed by atoms with Crippen LogP contribution in [-0.4, -0.2) is 40.3 Å². The van der Waals surface area contributed by atoms with Crippen LogP contribution in [0, 0.1) is 13.8 Å². The normalized spacial score (nSPS) is 11.4. The smallest absolute Gasteiger partial charge is 0.287 e. The molecule has 0 saturated carbocycles. The van der Waals surface area contributed by atoms with Gasteiger partial charge in [0.25, 0.3) is 11.8 Å². The Morgan fingerprint density at radius 3 is 2.71 bits per heavy atom. The minimum atomic E-state index is -3.32. The average molecular weight is 245 g/mol. The molecule has 0 aliphatic heterocycles. The molecule has 0 spiro atoms. The van der Waals surface area contributed by atoms with E-state index in [1.807, 2.05) is 5.32 Å². The molecule has 1 aromatic heterocycles. The average Bonchev–Trinajstić information content (AvgIpc) is 2.29. The standard InChI is InChI=1S/C10H13F2N3O2/c1-6-3-8(7(2)15-14-6)9(17)13-4-10(11,12)5-16/h3,16H,4-5H2,1-2H3,(H,13,17). The number of aliphatic hydroxyl groups is 1. The number of aryl methyl sites for hydroxylation is 2. The van der Waals surface area contributed by atoms with Gasteiger partial charge >= 0.3 is 0 Å². The summed E-state index contributed by atoms with van der Waals surface area (Å²) in [7, 11) is 0. The Morgan fingerprint density at radius 1 is 1.47 bits per heavy atom. The first-order valence-electron chi connectivity index (χ1n) is 4.93. The van der Waals surface area contributed by atoms with E-state index in [4.69, 9.17) is 5.11 Å². The highest BCUT2D eigenvalue weighted by atomic mass is 19.3. The summed E-state index contributed by atoms with van der Waals surface area (Å²) in [5.74, 6) is -3.98. The Labute approximate surface area is 96.9 Å². The highest BCUT2D eigenvalue weighted by Crippen LogP contribution is 2.11. The Hall–Kier alpha value is -1.63. The summed E-state index contributed by atoms with van der Waals surface area (Å²) in [5.41, 5.74) is 1.08. The van der Waals surface area contributed by atoms with Gasteiger partial charge in [0.05, 0.1) is 23.5 Å². The lowest BCUT2D eigenvalue weighted by atomic mass is 10.2. The van der Waals surface area contributed by atoms with Gasteiger partial charge in [0.15, 0.2) is 0 Å². The van der Waals surface area contributed by atoms with Gasteiger partial charge in [-0.3, -0.25) is 4.79 Å². The molecule has 0 saturated heterocycles. The number of rotatable bonds is 4. The highest BCUT2D eigenvalue weighted by molar-refractivity contribution is 5.95. The number of hydrogen-bond acceptors (Lipinski definition) is 4. The van der Waals surface area contributed by atoms with E-state index in [1.54, 1.807) is 13.8 Å². The third-order valence-electron chi connectivity index (χ3n) is 2.08. The molecule has 0 aliphatic carbocycles. The van der Waals surface area contributed by atoms with Gasteiger partial charge in [0.1, 0.15) is 6.61 Å². The van der Waals surface area contributed by atoms with Crippen LogP contribution in [0.5, 0.6) is 0 Å². The van der Waals surface area contributed by atoms with Crippen molar-refractivity contribution in [2.75, 3.05) is 13.2 Å². The van der Waals surface area contributed by atoms with E-state index >= 15 is 0 Å². The molecule has 1 amide bonds. The summed E-state index contributed by atoms with van der Waals surface area (Å²) in [6, 6.07) is 1.47. The second-order valence-corrected chi connectivity index (χ2v) is 3.68. The van der Waals surface area contributed by atoms with Crippen LogP contribution in [0.3, 0.4) is 0 Å². The largest absolute Gasteiger partial charge is 0.390 e. The number of aromatic nitrogens is 2. The van der Waals surface area contributed by atoms with E-state index in [9.17, 15) is 13.6 Å². The number of carbonyl (C=O) groups excluding carboxylic acids is 1. The summed E-state index contributed by atoms with van der Waals surface area (Å²) >= 11 is 0. The van der Waals surface area contributed by atoms with Gasteiger partial charge < -0.3 is 10.4 Å². The van der Waals surface area contributed by atoms with Gasteiger partial charge in [-0.05, 0) is 19.9 Å². The molecule has 0 unspecified atom stereocenters. The molecule has 0 fully saturated rings. The van der Waals surface area contributed by atoms with Crippen LogP contribution in [0.25, 0.3) is 0 Å². The van der Waals surface area contributed by atoms with Crippen molar-refractivity contribution in [1.29, 1.82) is 0 Å². The lowest BCUT2D eigenvalue weighted by molar-refractivity contribution is -0.0462. The van der Waals surface area contributed by atoms with E-state index < -0.39 is 25.0 Å². The Balaban J connectivity index is 2.74. The van der Waals surface area contributed by atoms with Crippen molar-refractivity contribution in [2.24, 2.45) is 0 Å². The molecule has 0 aromatic carbocycles. The maximum atomic E-state index is 12.7. The second kappa shape index (κ2) is 5.13. The molecule has 2 N–H and O–H groups in total. The van der Waals surface area contributed by atoms with Crippen LogP contribution >= 0.6 is 0 Å². The monoisotopic (exact) mass is 245 g/mol. The molecular formula is C10H13F2N3O2. The molecule has 7 heteroatoms. The maximum absolute atomic E-state index is 12.7. The third-order valence-corrected chi connectivity index (χ3v) is 2.08. The molecule has 17 heavy (non-hydrogen) atoms. The summed E-state index contributed by atoms with van der Waals surface area (Å²) in [5, 5.41) is 17.8. The van der Waals surface area contributed by atoms with E-state index in [0.29, 0.717) is 11.4 Å². The zero-order valence-electron chi connectivity index (χ0n) is 9.50. The Morgan fingerprint density at radius 2 is 2.12 bits per heavy atom. The fourth-order valence-electron chi connectivity index (χ4n) is 1.14. The topological polar surface area (TPSA) is 75.1 Å². The van der Waals surface area contributed by atoms with Crippen molar-refractivity contribution in [3.05, 3.63) is 23.0 Å². The first-order valence-corrected chi connectivity index (χ1v) is 4.93. The van der Waals surface area contributed by atoms with Crippen LogP contribution in [0.4, 0.5) is 8.78 Å². The molecule has 0 bridgehead atoms. The van der Waals surface area contributed by atoms with Crippen molar-refractivity contribution in [2.45, 2.75) is 19.8 Å². The number of halogens is 2. The first kappa shape index (κ1) is 13.4. The van der Waals surface area contributed by atoms with Gasteiger partial charge in [0, 0.05) is 0 Å². The van der Waals surface area contributed by atoms with Gasteiger partial charge in [-0.2, -0.15) is 10.2 Å². The fraction of sp³-hybridized carbons (Fsp3) is 0.500. The molecule has 1 aromatic rings. The zero-order chi connectivity index (χ0) is 13.1. The van der Waals surface area contributed by atoms with Crippen molar-refractivity contribution in [3.63, 3.8) is 0 Å². The first-order chi connectivity index (χ1) is 7.85. The molecule has 5 nitrogen and oxygen atoms in total. The number of aliphatic hydroxyl groups excluding tert-OH is 1. The summed E-state index contributed by atoms with van der Waals surface area (Å²) in [6.45, 7) is 0.986. The minimum Gasteiger partial charge on any atom is -0.390 e. The van der Waals surface area contributed by atoms with E-state index in [0.717, 1.165) is 0 Å². The predicted molar refractivity (Wildman–Crippen MR) is 55.9 cm³/mol. The molecular weight excluding hydrogens is 232 g/mol. The van der Waals surface area contributed by atoms with Crippen molar-refractivity contribution in [3.8, 4) is 0 Å².